The van der Waals surface area contributed by atoms with Crippen LogP contribution in [0.2, 0.25) is 0 Å². The highest BCUT2D eigenvalue weighted by atomic mass is 32.1. The molecule has 3 atom stereocenters. The van der Waals surface area contributed by atoms with Gasteiger partial charge in [0.15, 0.2) is 0 Å². The lowest BCUT2D eigenvalue weighted by molar-refractivity contribution is 0.218. The zero-order valence-corrected chi connectivity index (χ0v) is 17.6. The molecule has 0 radical (unpaired) electrons. The molecule has 156 valence electrons. The highest BCUT2D eigenvalue weighted by molar-refractivity contribution is 7.09. The number of nitrogens with one attached hydrogen (secondary N) is 2. The molecule has 2 saturated carbocycles. The van der Waals surface area contributed by atoms with E-state index in [1.54, 1.807) is 6.33 Å². The van der Waals surface area contributed by atoms with Crippen molar-refractivity contribution in [1.29, 1.82) is 0 Å². The van der Waals surface area contributed by atoms with Gasteiger partial charge in [-0.1, -0.05) is 0 Å². The van der Waals surface area contributed by atoms with Gasteiger partial charge in [0, 0.05) is 49.8 Å². The van der Waals surface area contributed by atoms with Crippen LogP contribution in [0.1, 0.15) is 37.4 Å². The van der Waals surface area contributed by atoms with Gasteiger partial charge in [-0.3, -0.25) is 5.32 Å². The summed E-state index contributed by atoms with van der Waals surface area (Å²) >= 11 is 1.29. The topological polar surface area (TPSA) is 103 Å². The van der Waals surface area contributed by atoms with E-state index in [4.69, 9.17) is 0 Å². The number of aromatic nitrogens is 5. The summed E-state index contributed by atoms with van der Waals surface area (Å²) in [7, 11) is 2.12. The van der Waals surface area contributed by atoms with Crippen molar-refractivity contribution in [2.24, 2.45) is 11.8 Å². The van der Waals surface area contributed by atoms with Crippen molar-refractivity contribution in [1.82, 2.24) is 29.2 Å². The van der Waals surface area contributed by atoms with Crippen LogP contribution in [-0.4, -0.2) is 61.4 Å². The lowest BCUT2D eigenvalue weighted by Crippen LogP contribution is -2.36. The van der Waals surface area contributed by atoms with Gasteiger partial charge in [-0.25, -0.2) is 19.7 Å². The van der Waals surface area contributed by atoms with E-state index in [1.165, 1.54) is 24.4 Å². The second-order valence-electron chi connectivity index (χ2n) is 8.76. The zero-order chi connectivity index (χ0) is 20.2. The molecular weight excluding hydrogens is 400 g/mol. The normalized spacial score (nSPS) is 25.6. The first kappa shape index (κ1) is 18.1. The Kier molecular flexibility index (Phi) is 4.15. The van der Waals surface area contributed by atoms with Crippen LogP contribution in [0, 0.1) is 11.8 Å². The third-order valence-electron chi connectivity index (χ3n) is 6.83. The Bertz CT molecular complexity index is 1080. The first-order valence-corrected chi connectivity index (χ1v) is 11.3. The highest BCUT2D eigenvalue weighted by Crippen LogP contribution is 2.42. The molecule has 30 heavy (non-hydrogen) atoms. The van der Waals surface area contributed by atoms with Crippen molar-refractivity contribution in [2.75, 3.05) is 30.4 Å². The maximum absolute atomic E-state index is 12.7. The Hall–Kier alpha value is -2.75. The van der Waals surface area contributed by atoms with Gasteiger partial charge in [0.1, 0.15) is 23.6 Å². The van der Waals surface area contributed by atoms with E-state index in [9.17, 15) is 4.79 Å². The number of urea groups is 1. The SMILES string of the molecule is CN(c1ncnc2[nH]ccc12)C1C[C@@H]2CN(C(=O)Nc3nc(C4CC4)ns3)C[C@@H]2C1. The standard InChI is InChI=1S/C20H24N8OS/c1-27(18-15-4-5-21-17(15)22-10-23-18)14-6-12-8-28(9-13(12)7-14)20(29)25-19-24-16(26-30-19)11-2-3-11/h4-5,10-14H,2-3,6-9H2,1H3,(H,21,22,23)(H,24,25,26,29)/t12-,13+,14?. The number of likely N-dealkylation sites (tertiary alicyclic amines) is 1. The molecule has 3 aromatic rings. The summed E-state index contributed by atoms with van der Waals surface area (Å²) in [5, 5.41) is 4.63. The van der Waals surface area contributed by atoms with E-state index in [2.05, 4.69) is 41.6 Å². The van der Waals surface area contributed by atoms with Crippen molar-refractivity contribution in [3.63, 3.8) is 0 Å². The smallest absolute Gasteiger partial charge is 0.323 e. The van der Waals surface area contributed by atoms with Gasteiger partial charge in [0.05, 0.1) is 5.39 Å². The van der Waals surface area contributed by atoms with E-state index in [0.29, 0.717) is 28.9 Å². The molecule has 4 heterocycles. The Morgan fingerprint density at radius 1 is 1.27 bits per heavy atom. The van der Waals surface area contributed by atoms with Crippen LogP contribution in [-0.2, 0) is 0 Å². The number of rotatable bonds is 4. The Morgan fingerprint density at radius 2 is 2.07 bits per heavy atom. The third-order valence-corrected chi connectivity index (χ3v) is 7.47. The molecule has 3 aliphatic rings. The molecular formula is C20H24N8OS. The minimum atomic E-state index is -0.0439. The van der Waals surface area contributed by atoms with Gasteiger partial charge in [0.2, 0.25) is 5.13 Å². The number of anilines is 2. The van der Waals surface area contributed by atoms with Gasteiger partial charge in [-0.2, -0.15) is 4.37 Å². The van der Waals surface area contributed by atoms with E-state index >= 15 is 0 Å². The Labute approximate surface area is 178 Å². The lowest BCUT2D eigenvalue weighted by atomic mass is 10.0. The van der Waals surface area contributed by atoms with Crippen molar-refractivity contribution in [3.8, 4) is 0 Å². The summed E-state index contributed by atoms with van der Waals surface area (Å²) in [6.07, 6.45) is 8.01. The molecule has 2 amide bonds. The molecule has 1 aliphatic heterocycles. The van der Waals surface area contributed by atoms with E-state index in [0.717, 1.165) is 48.6 Å². The van der Waals surface area contributed by atoms with Crippen LogP contribution in [0.5, 0.6) is 0 Å². The van der Waals surface area contributed by atoms with Crippen molar-refractivity contribution in [3.05, 3.63) is 24.4 Å². The third kappa shape index (κ3) is 3.10. The number of carbonyl (C=O) groups is 1. The summed E-state index contributed by atoms with van der Waals surface area (Å²) in [6, 6.07) is 2.42. The van der Waals surface area contributed by atoms with E-state index in [-0.39, 0.29) is 6.03 Å². The number of amides is 2. The maximum atomic E-state index is 12.7. The minimum absolute atomic E-state index is 0.0439. The number of hydrogen-bond acceptors (Lipinski definition) is 7. The van der Waals surface area contributed by atoms with Crippen LogP contribution in [0.15, 0.2) is 18.6 Å². The fourth-order valence-corrected chi connectivity index (χ4v) is 5.66. The molecule has 0 bridgehead atoms. The van der Waals surface area contributed by atoms with Crippen LogP contribution in [0.4, 0.5) is 15.7 Å². The second kappa shape index (κ2) is 6.90. The molecule has 9 nitrogen and oxygen atoms in total. The monoisotopic (exact) mass is 424 g/mol. The molecule has 3 aromatic heterocycles. The van der Waals surface area contributed by atoms with Crippen molar-refractivity contribution < 1.29 is 4.79 Å². The first-order chi connectivity index (χ1) is 14.7. The number of hydrogen-bond donors (Lipinski definition) is 2. The molecule has 3 fully saturated rings. The van der Waals surface area contributed by atoms with Gasteiger partial charge in [-0.15, -0.1) is 0 Å². The highest BCUT2D eigenvalue weighted by Gasteiger charge is 2.44. The quantitative estimate of drug-likeness (QED) is 0.667. The van der Waals surface area contributed by atoms with Crippen molar-refractivity contribution >= 4 is 39.5 Å². The molecule has 1 unspecified atom stereocenters. The van der Waals surface area contributed by atoms with Crippen LogP contribution < -0.4 is 10.2 Å². The van der Waals surface area contributed by atoms with Crippen LogP contribution >= 0.6 is 11.5 Å². The number of aromatic amines is 1. The van der Waals surface area contributed by atoms with Gasteiger partial charge in [0.25, 0.3) is 0 Å². The molecule has 0 spiro atoms. The van der Waals surface area contributed by atoms with Crippen LogP contribution in [0.3, 0.4) is 0 Å². The molecule has 1 saturated heterocycles. The fourth-order valence-electron chi connectivity index (χ4n) is 5.03. The predicted molar refractivity (Wildman–Crippen MR) is 115 cm³/mol. The molecule has 2 N–H and O–H groups in total. The van der Waals surface area contributed by atoms with E-state index < -0.39 is 0 Å². The molecule has 0 aromatic carbocycles. The zero-order valence-electron chi connectivity index (χ0n) is 16.8. The summed E-state index contributed by atoms with van der Waals surface area (Å²) in [4.78, 5) is 33.4. The maximum Gasteiger partial charge on any atom is 0.323 e. The van der Waals surface area contributed by atoms with Crippen molar-refractivity contribution in [2.45, 2.75) is 37.6 Å². The Morgan fingerprint density at radius 3 is 2.83 bits per heavy atom. The van der Waals surface area contributed by atoms with Gasteiger partial charge < -0.3 is 14.8 Å². The summed E-state index contributed by atoms with van der Waals surface area (Å²) in [5.74, 6) is 3.44. The minimum Gasteiger partial charge on any atom is -0.356 e. The summed E-state index contributed by atoms with van der Waals surface area (Å²) in [6.45, 7) is 1.61. The van der Waals surface area contributed by atoms with Gasteiger partial charge in [-0.05, 0) is 43.6 Å². The number of H-pyrrole nitrogens is 1. The van der Waals surface area contributed by atoms with Crippen LogP contribution in [0.25, 0.3) is 11.0 Å². The fraction of sp³-hybridized carbons (Fsp3) is 0.550. The lowest BCUT2D eigenvalue weighted by Gasteiger charge is -2.27. The summed E-state index contributed by atoms with van der Waals surface area (Å²) < 4.78 is 4.37. The average Bonchev–Trinajstić information content (AvgIpc) is 3.12. The molecule has 10 heteroatoms. The molecule has 2 aliphatic carbocycles. The number of fused-ring (bicyclic) bond motifs is 2. The number of nitrogens with zero attached hydrogens (tertiary/aromatic N) is 6. The first-order valence-electron chi connectivity index (χ1n) is 10.6. The second-order valence-corrected chi connectivity index (χ2v) is 9.51. The number of carbonyl (C=O) groups excluding carboxylic acids is 1. The largest absolute Gasteiger partial charge is 0.356 e. The van der Waals surface area contributed by atoms with Gasteiger partial charge >= 0.3 is 6.03 Å². The average molecular weight is 425 g/mol. The molecule has 6 rings (SSSR count). The van der Waals surface area contributed by atoms with E-state index in [1.807, 2.05) is 17.2 Å². The predicted octanol–water partition coefficient (Wildman–Crippen LogP) is 3.07. The summed E-state index contributed by atoms with van der Waals surface area (Å²) in [5.41, 5.74) is 0.870. The Balaban J connectivity index is 1.08.